The van der Waals surface area contributed by atoms with Gasteiger partial charge in [-0.15, -0.1) is 0 Å². The van der Waals surface area contributed by atoms with Crippen molar-refractivity contribution in [1.29, 1.82) is 0 Å². The minimum atomic E-state index is -4.97. The number of hydrogen-bond acceptors (Lipinski definition) is 15. The summed E-state index contributed by atoms with van der Waals surface area (Å²) in [5, 5.41) is 10.7. The molecule has 0 aromatic heterocycles. The number of unbranched alkanes of at least 4 members (excludes halogenated alkanes) is 56. The van der Waals surface area contributed by atoms with E-state index in [1.54, 1.807) is 0 Å². The molecule has 642 valence electrons. The fourth-order valence-electron chi connectivity index (χ4n) is 13.9. The SMILES string of the molecule is CCCCCCCCCCCCCCCCCCCCCC(=O)O[C@H](COC(=O)CCCCCCC)COP(=O)(O)OC[C@H](O)COP(=O)(O)OC[C@@H](COC(=O)CCCCCCCCCCCCCCCCCCCCC(C)CC)OC(=O)CCCCCCCCCCCCCCCCCCCCC(C)CC. The van der Waals surface area contributed by atoms with E-state index in [4.69, 9.17) is 37.0 Å². The van der Waals surface area contributed by atoms with Crippen LogP contribution in [0.25, 0.3) is 0 Å². The fourth-order valence-corrected chi connectivity index (χ4v) is 15.5. The van der Waals surface area contributed by atoms with E-state index in [-0.39, 0.29) is 25.7 Å². The van der Waals surface area contributed by atoms with Crippen molar-refractivity contribution in [3.05, 3.63) is 0 Å². The summed E-state index contributed by atoms with van der Waals surface area (Å²) in [6.07, 6.45) is 74.1. The van der Waals surface area contributed by atoms with Crippen molar-refractivity contribution in [3.63, 3.8) is 0 Å². The number of rotatable bonds is 88. The normalized spacial score (nSPS) is 14.3. The number of ether oxygens (including phenoxy) is 4. The van der Waals surface area contributed by atoms with E-state index in [1.165, 1.54) is 289 Å². The van der Waals surface area contributed by atoms with Crippen molar-refractivity contribution in [2.45, 2.75) is 496 Å². The summed E-state index contributed by atoms with van der Waals surface area (Å²) in [4.78, 5) is 73.0. The van der Waals surface area contributed by atoms with E-state index in [2.05, 4.69) is 41.5 Å². The van der Waals surface area contributed by atoms with Gasteiger partial charge in [0.05, 0.1) is 26.4 Å². The zero-order chi connectivity index (χ0) is 79.2. The van der Waals surface area contributed by atoms with E-state index < -0.39 is 97.5 Å². The summed E-state index contributed by atoms with van der Waals surface area (Å²) < 4.78 is 68.7. The van der Waals surface area contributed by atoms with Crippen LogP contribution in [0.4, 0.5) is 0 Å². The summed E-state index contributed by atoms with van der Waals surface area (Å²) >= 11 is 0. The van der Waals surface area contributed by atoms with Crippen LogP contribution in [-0.4, -0.2) is 96.7 Å². The van der Waals surface area contributed by atoms with Gasteiger partial charge in [-0.05, 0) is 37.5 Å². The molecule has 0 aliphatic heterocycles. The standard InChI is InChI=1S/C89H174O17P2/c1-7-11-13-15-16-17-18-19-20-21-22-30-35-40-45-50-55-61-67-73-88(93)105-84(77-99-86(91)71-65-57-14-12-8-2)79-103-107(95,96)101-75-83(90)76-102-108(97,98)104-80-85(106-89(94)74-68-62-56-51-46-41-36-31-26-24-28-33-38-43-48-53-59-64-70-82(6)10-4)78-100-87(92)72-66-60-54-49-44-39-34-29-25-23-27-32-37-42-47-52-58-63-69-81(5)9-3/h81-85,90H,7-80H2,1-6H3,(H,95,96)(H,97,98)/t81?,82?,83-,84+,85+/m0/s1. The molecule has 0 saturated carbocycles. The highest BCUT2D eigenvalue weighted by Gasteiger charge is 2.31. The highest BCUT2D eigenvalue weighted by atomic mass is 31.2. The Kier molecular flexibility index (Phi) is 78.8. The Morgan fingerprint density at radius 3 is 0.657 bits per heavy atom. The molecule has 0 saturated heterocycles. The first-order valence-corrected chi connectivity index (χ1v) is 49.1. The lowest BCUT2D eigenvalue weighted by Crippen LogP contribution is -2.30. The molecule has 0 heterocycles. The second kappa shape index (κ2) is 80.3. The van der Waals surface area contributed by atoms with Crippen LogP contribution in [0.1, 0.15) is 478 Å². The number of esters is 4. The van der Waals surface area contributed by atoms with Crippen molar-refractivity contribution in [2.75, 3.05) is 39.6 Å². The molecule has 0 aromatic carbocycles. The molecule has 0 spiro atoms. The molecule has 7 atom stereocenters. The summed E-state index contributed by atoms with van der Waals surface area (Å²) in [5.41, 5.74) is 0. The van der Waals surface area contributed by atoms with E-state index >= 15 is 0 Å². The number of carbonyl (C=O) groups is 4. The Labute approximate surface area is 664 Å². The molecule has 0 radical (unpaired) electrons. The Balaban J connectivity index is 5.09. The highest BCUT2D eigenvalue weighted by molar-refractivity contribution is 7.47. The molecule has 19 heteroatoms. The molecular weight excluding hydrogens is 1400 g/mol. The van der Waals surface area contributed by atoms with Gasteiger partial charge in [-0.25, -0.2) is 9.13 Å². The molecule has 0 amide bonds. The van der Waals surface area contributed by atoms with E-state index in [9.17, 15) is 43.2 Å². The summed E-state index contributed by atoms with van der Waals surface area (Å²) in [5.74, 6) is -0.366. The third kappa shape index (κ3) is 79.3. The monoisotopic (exact) mass is 1580 g/mol. The van der Waals surface area contributed by atoms with Crippen LogP contribution >= 0.6 is 15.6 Å². The summed E-state index contributed by atoms with van der Waals surface area (Å²) in [6, 6.07) is 0. The molecule has 0 fully saturated rings. The fraction of sp³-hybridized carbons (Fsp3) is 0.955. The van der Waals surface area contributed by atoms with Crippen molar-refractivity contribution < 1.29 is 80.2 Å². The molecule has 0 rings (SSSR count). The molecule has 17 nitrogen and oxygen atoms in total. The third-order valence-corrected chi connectivity index (χ3v) is 23.6. The Hall–Kier alpha value is -1.94. The molecule has 3 N–H and O–H groups in total. The van der Waals surface area contributed by atoms with Crippen molar-refractivity contribution in [2.24, 2.45) is 11.8 Å². The summed E-state index contributed by atoms with van der Waals surface area (Å²) in [7, 11) is -9.92. The predicted octanol–water partition coefficient (Wildman–Crippen LogP) is 27.4. The second-order valence-corrected chi connectivity index (χ2v) is 35.4. The smallest absolute Gasteiger partial charge is 0.462 e. The number of aliphatic hydroxyl groups excluding tert-OH is 1. The van der Waals surface area contributed by atoms with Gasteiger partial charge in [0.1, 0.15) is 19.3 Å². The maximum absolute atomic E-state index is 13.2. The van der Waals surface area contributed by atoms with Gasteiger partial charge in [-0.3, -0.25) is 37.3 Å². The Morgan fingerprint density at radius 1 is 0.259 bits per heavy atom. The van der Waals surface area contributed by atoms with Crippen molar-refractivity contribution in [1.82, 2.24) is 0 Å². The molecule has 0 aliphatic rings. The largest absolute Gasteiger partial charge is 0.472 e. The van der Waals surface area contributed by atoms with Crippen LogP contribution < -0.4 is 0 Å². The van der Waals surface area contributed by atoms with E-state index in [1.807, 2.05) is 0 Å². The maximum atomic E-state index is 13.2. The number of carbonyl (C=O) groups excluding carboxylic acids is 4. The van der Waals surface area contributed by atoms with Gasteiger partial charge in [0, 0.05) is 25.7 Å². The molecular formula is C89H174O17P2. The lowest BCUT2D eigenvalue weighted by molar-refractivity contribution is -0.161. The molecule has 0 bridgehead atoms. The molecule has 0 aromatic rings. The first-order valence-electron chi connectivity index (χ1n) is 46.1. The first-order chi connectivity index (χ1) is 52.4. The van der Waals surface area contributed by atoms with Gasteiger partial charge in [0.15, 0.2) is 12.2 Å². The topological polar surface area (TPSA) is 237 Å². The van der Waals surface area contributed by atoms with Gasteiger partial charge >= 0.3 is 39.5 Å². The van der Waals surface area contributed by atoms with Gasteiger partial charge in [-0.2, -0.15) is 0 Å². The van der Waals surface area contributed by atoms with Gasteiger partial charge in [-0.1, -0.05) is 427 Å². The van der Waals surface area contributed by atoms with E-state index in [0.29, 0.717) is 25.7 Å². The average Bonchev–Trinajstić information content (AvgIpc) is 0.900. The van der Waals surface area contributed by atoms with Crippen LogP contribution in [0.5, 0.6) is 0 Å². The van der Waals surface area contributed by atoms with Crippen molar-refractivity contribution >= 4 is 39.5 Å². The number of phosphoric acid groups is 2. The first kappa shape index (κ1) is 106. The number of hydrogen-bond donors (Lipinski definition) is 3. The highest BCUT2D eigenvalue weighted by Crippen LogP contribution is 2.45. The zero-order valence-corrected chi connectivity index (χ0v) is 73.0. The molecule has 0 aliphatic carbocycles. The van der Waals surface area contributed by atoms with E-state index in [0.717, 1.165) is 108 Å². The molecule has 108 heavy (non-hydrogen) atoms. The van der Waals surface area contributed by atoms with Crippen LogP contribution in [0.3, 0.4) is 0 Å². The maximum Gasteiger partial charge on any atom is 0.472 e. The van der Waals surface area contributed by atoms with Gasteiger partial charge in [0.25, 0.3) is 0 Å². The lowest BCUT2D eigenvalue weighted by Gasteiger charge is -2.21. The van der Waals surface area contributed by atoms with Gasteiger partial charge in [0.2, 0.25) is 0 Å². The predicted molar refractivity (Wildman–Crippen MR) is 446 cm³/mol. The quantitative estimate of drug-likeness (QED) is 0.0222. The van der Waals surface area contributed by atoms with Crippen LogP contribution in [0.15, 0.2) is 0 Å². The second-order valence-electron chi connectivity index (χ2n) is 32.5. The zero-order valence-electron chi connectivity index (χ0n) is 71.2. The number of phosphoric ester groups is 2. The minimum Gasteiger partial charge on any atom is -0.462 e. The molecule has 4 unspecified atom stereocenters. The van der Waals surface area contributed by atoms with Gasteiger partial charge < -0.3 is 33.8 Å². The Bertz CT molecular complexity index is 2070. The Morgan fingerprint density at radius 2 is 0.444 bits per heavy atom. The van der Waals surface area contributed by atoms with Crippen molar-refractivity contribution in [3.8, 4) is 0 Å². The van der Waals surface area contributed by atoms with Crippen LogP contribution in [-0.2, 0) is 65.4 Å². The average molecular weight is 1580 g/mol. The minimum absolute atomic E-state index is 0.108. The van der Waals surface area contributed by atoms with Crippen LogP contribution in [0.2, 0.25) is 0 Å². The third-order valence-electron chi connectivity index (χ3n) is 21.7. The lowest BCUT2D eigenvalue weighted by atomic mass is 9.99. The number of aliphatic hydroxyl groups is 1. The summed E-state index contributed by atoms with van der Waals surface area (Å²) in [6.45, 7) is 9.73. The van der Waals surface area contributed by atoms with Crippen LogP contribution in [0, 0.1) is 11.8 Å².